The highest BCUT2D eigenvalue weighted by atomic mass is 35.5. The van der Waals surface area contributed by atoms with Gasteiger partial charge in [-0.25, -0.2) is 0 Å². The van der Waals surface area contributed by atoms with Crippen LogP contribution in [0.25, 0.3) is 0 Å². The maximum Gasteiger partial charge on any atom is 0.314 e. The average molecular weight is 253 g/mol. The molecule has 0 radical (unpaired) electrons. The lowest BCUT2D eigenvalue weighted by Crippen LogP contribution is -2.33. The maximum absolute atomic E-state index is 11.7. The molecule has 0 unspecified atom stereocenters. The Kier molecular flexibility index (Phi) is 3.43. The van der Waals surface area contributed by atoms with Gasteiger partial charge in [0.15, 0.2) is 0 Å². The number of aliphatic carboxylic acids is 1. The van der Waals surface area contributed by atoms with E-state index in [0.29, 0.717) is 5.02 Å². The minimum absolute atomic E-state index is 0.629. The van der Waals surface area contributed by atoms with Gasteiger partial charge in [0.25, 0.3) is 0 Å². The van der Waals surface area contributed by atoms with Crippen molar-refractivity contribution < 1.29 is 9.90 Å². The molecule has 92 valence electrons. The zero-order valence-corrected chi connectivity index (χ0v) is 10.8. The highest BCUT2D eigenvalue weighted by Gasteiger charge is 2.44. The number of carboxylic acid groups (broad SMARTS) is 1. The standard InChI is InChI=1S/C14H17ClO2/c1-2-10-5-6-11(15)9-12(10)14(13(16)17)7-3-4-8-14/h5-6,9H,2-4,7-8H2,1H3,(H,16,17). The summed E-state index contributed by atoms with van der Waals surface area (Å²) in [6.45, 7) is 2.05. The lowest BCUT2D eigenvalue weighted by Gasteiger charge is -2.27. The minimum atomic E-state index is -0.702. The summed E-state index contributed by atoms with van der Waals surface area (Å²) in [5, 5.41) is 10.2. The van der Waals surface area contributed by atoms with Crippen LogP contribution in [-0.2, 0) is 16.6 Å². The Labute approximate surface area is 107 Å². The molecule has 0 aliphatic heterocycles. The van der Waals surface area contributed by atoms with Gasteiger partial charge in [0.1, 0.15) is 0 Å². The number of rotatable bonds is 3. The highest BCUT2D eigenvalue weighted by molar-refractivity contribution is 6.30. The van der Waals surface area contributed by atoms with Crippen molar-refractivity contribution in [1.29, 1.82) is 0 Å². The van der Waals surface area contributed by atoms with Crippen molar-refractivity contribution in [3.8, 4) is 0 Å². The van der Waals surface area contributed by atoms with Gasteiger partial charge in [-0.1, -0.05) is 37.4 Å². The zero-order chi connectivity index (χ0) is 12.5. The second kappa shape index (κ2) is 4.69. The van der Waals surface area contributed by atoms with Crippen LogP contribution in [0.15, 0.2) is 18.2 Å². The van der Waals surface area contributed by atoms with Crippen LogP contribution in [0.2, 0.25) is 5.02 Å². The van der Waals surface area contributed by atoms with Gasteiger partial charge in [0.05, 0.1) is 5.41 Å². The van der Waals surface area contributed by atoms with E-state index in [4.69, 9.17) is 11.6 Å². The number of aryl methyl sites for hydroxylation is 1. The van der Waals surface area contributed by atoms with E-state index in [2.05, 4.69) is 6.92 Å². The molecule has 0 spiro atoms. The van der Waals surface area contributed by atoms with Gasteiger partial charge in [-0.15, -0.1) is 0 Å². The van der Waals surface area contributed by atoms with Crippen molar-refractivity contribution in [2.75, 3.05) is 0 Å². The topological polar surface area (TPSA) is 37.3 Å². The van der Waals surface area contributed by atoms with Gasteiger partial charge in [0, 0.05) is 5.02 Å². The normalized spacial score (nSPS) is 18.2. The molecule has 1 aliphatic rings. The molecule has 17 heavy (non-hydrogen) atoms. The summed E-state index contributed by atoms with van der Waals surface area (Å²) in [5.74, 6) is -0.702. The summed E-state index contributed by atoms with van der Waals surface area (Å²) in [6.07, 6.45) is 4.29. The van der Waals surface area contributed by atoms with Crippen LogP contribution in [0.1, 0.15) is 43.7 Å². The van der Waals surface area contributed by atoms with Crippen LogP contribution in [0.3, 0.4) is 0 Å². The first-order valence-corrected chi connectivity index (χ1v) is 6.50. The Bertz CT molecular complexity index is 434. The number of carboxylic acids is 1. The molecule has 0 amide bonds. The summed E-state index contributed by atoms with van der Waals surface area (Å²) in [4.78, 5) is 11.7. The van der Waals surface area contributed by atoms with Crippen LogP contribution >= 0.6 is 11.6 Å². The van der Waals surface area contributed by atoms with Gasteiger partial charge in [-0.05, 0) is 42.5 Å². The van der Waals surface area contributed by atoms with Crippen LogP contribution < -0.4 is 0 Å². The molecule has 0 saturated heterocycles. The van der Waals surface area contributed by atoms with Gasteiger partial charge < -0.3 is 5.11 Å². The predicted molar refractivity (Wildman–Crippen MR) is 68.6 cm³/mol. The van der Waals surface area contributed by atoms with Crippen molar-refractivity contribution in [3.63, 3.8) is 0 Å². The summed E-state index contributed by atoms with van der Waals surface area (Å²) < 4.78 is 0. The third-order valence-corrected chi connectivity index (χ3v) is 4.07. The maximum atomic E-state index is 11.7. The van der Waals surface area contributed by atoms with E-state index in [1.807, 2.05) is 18.2 Å². The molecule has 0 bridgehead atoms. The number of hydrogen-bond donors (Lipinski definition) is 1. The van der Waals surface area contributed by atoms with Crippen molar-refractivity contribution >= 4 is 17.6 Å². The average Bonchev–Trinajstić information content (AvgIpc) is 2.79. The lowest BCUT2D eigenvalue weighted by molar-refractivity contribution is -0.143. The van der Waals surface area contributed by atoms with E-state index in [0.717, 1.165) is 43.2 Å². The molecular weight excluding hydrogens is 236 g/mol. The summed E-state index contributed by atoms with van der Waals surface area (Å²) in [5.41, 5.74) is 1.34. The Balaban J connectivity index is 2.56. The zero-order valence-electron chi connectivity index (χ0n) is 10.0. The molecule has 1 saturated carbocycles. The van der Waals surface area contributed by atoms with Crippen molar-refractivity contribution in [3.05, 3.63) is 34.3 Å². The molecule has 1 aromatic rings. The van der Waals surface area contributed by atoms with Crippen molar-refractivity contribution in [2.45, 2.75) is 44.4 Å². The Morgan fingerprint density at radius 3 is 2.59 bits per heavy atom. The second-order valence-electron chi connectivity index (χ2n) is 4.75. The van der Waals surface area contributed by atoms with E-state index in [-0.39, 0.29) is 0 Å². The number of hydrogen-bond acceptors (Lipinski definition) is 1. The number of halogens is 1. The highest BCUT2D eigenvalue weighted by Crippen LogP contribution is 2.43. The molecule has 1 aliphatic carbocycles. The van der Waals surface area contributed by atoms with Crippen LogP contribution in [-0.4, -0.2) is 11.1 Å². The van der Waals surface area contributed by atoms with Crippen LogP contribution in [0.5, 0.6) is 0 Å². The smallest absolute Gasteiger partial charge is 0.314 e. The van der Waals surface area contributed by atoms with Gasteiger partial charge in [-0.3, -0.25) is 4.79 Å². The van der Waals surface area contributed by atoms with Gasteiger partial charge in [-0.2, -0.15) is 0 Å². The molecule has 0 aromatic heterocycles. The van der Waals surface area contributed by atoms with Crippen LogP contribution in [0.4, 0.5) is 0 Å². The fourth-order valence-corrected chi connectivity index (χ4v) is 3.05. The van der Waals surface area contributed by atoms with E-state index < -0.39 is 11.4 Å². The largest absolute Gasteiger partial charge is 0.481 e. The molecular formula is C14H17ClO2. The monoisotopic (exact) mass is 252 g/mol. The Morgan fingerprint density at radius 1 is 1.41 bits per heavy atom. The summed E-state index contributed by atoms with van der Waals surface area (Å²) in [6, 6.07) is 5.65. The van der Waals surface area contributed by atoms with E-state index >= 15 is 0 Å². The molecule has 2 rings (SSSR count). The molecule has 2 nitrogen and oxygen atoms in total. The molecule has 1 aromatic carbocycles. The minimum Gasteiger partial charge on any atom is -0.481 e. The fraction of sp³-hybridized carbons (Fsp3) is 0.500. The SMILES string of the molecule is CCc1ccc(Cl)cc1C1(C(=O)O)CCCC1. The van der Waals surface area contributed by atoms with Crippen LogP contribution in [0, 0.1) is 0 Å². The predicted octanol–water partition coefficient (Wildman–Crippen LogP) is 3.80. The number of benzene rings is 1. The molecule has 0 atom stereocenters. The second-order valence-corrected chi connectivity index (χ2v) is 5.19. The summed E-state index contributed by atoms with van der Waals surface area (Å²) >= 11 is 6.03. The lowest BCUT2D eigenvalue weighted by atomic mass is 9.76. The van der Waals surface area contributed by atoms with Gasteiger partial charge in [0.2, 0.25) is 0 Å². The molecule has 3 heteroatoms. The molecule has 1 fully saturated rings. The third-order valence-electron chi connectivity index (χ3n) is 3.83. The van der Waals surface area contributed by atoms with Crippen molar-refractivity contribution in [1.82, 2.24) is 0 Å². The fourth-order valence-electron chi connectivity index (χ4n) is 2.88. The number of carbonyl (C=O) groups is 1. The van der Waals surface area contributed by atoms with Gasteiger partial charge >= 0.3 is 5.97 Å². The van der Waals surface area contributed by atoms with Crippen molar-refractivity contribution in [2.24, 2.45) is 0 Å². The van der Waals surface area contributed by atoms with E-state index in [1.165, 1.54) is 0 Å². The first-order chi connectivity index (χ1) is 8.10. The third kappa shape index (κ3) is 2.06. The first kappa shape index (κ1) is 12.4. The molecule has 1 N–H and O–H groups in total. The summed E-state index contributed by atoms with van der Waals surface area (Å²) in [7, 11) is 0. The first-order valence-electron chi connectivity index (χ1n) is 6.12. The Hall–Kier alpha value is -1.02. The molecule has 0 heterocycles. The van der Waals surface area contributed by atoms with E-state index in [9.17, 15) is 9.90 Å². The Morgan fingerprint density at radius 2 is 2.06 bits per heavy atom. The quantitative estimate of drug-likeness (QED) is 0.889. The van der Waals surface area contributed by atoms with E-state index in [1.54, 1.807) is 0 Å².